The Bertz CT molecular complexity index is 768. The number of piperazine rings is 1. The van der Waals surface area contributed by atoms with Gasteiger partial charge in [0.1, 0.15) is 5.82 Å². The largest absolute Gasteiger partial charge is 0.322 e. The van der Waals surface area contributed by atoms with Gasteiger partial charge in [-0.3, -0.25) is 9.69 Å². The number of hydrogen-bond acceptors (Lipinski definition) is 3. The van der Waals surface area contributed by atoms with Crippen LogP contribution in [0.2, 0.25) is 5.02 Å². The minimum Gasteiger partial charge on any atom is -0.322 e. The van der Waals surface area contributed by atoms with Crippen molar-refractivity contribution in [2.24, 2.45) is 0 Å². The summed E-state index contributed by atoms with van der Waals surface area (Å²) in [6.07, 6.45) is 0. The second-order valence-corrected chi connectivity index (χ2v) is 6.71. The molecule has 6 heteroatoms. The van der Waals surface area contributed by atoms with Crippen molar-refractivity contribution < 1.29 is 9.18 Å². The molecule has 2 aromatic carbocycles. The van der Waals surface area contributed by atoms with Crippen LogP contribution in [0.1, 0.15) is 17.2 Å². The zero-order valence-corrected chi connectivity index (χ0v) is 14.8. The van der Waals surface area contributed by atoms with E-state index in [9.17, 15) is 9.18 Å². The number of rotatable bonds is 4. The van der Waals surface area contributed by atoms with Crippen LogP contribution in [0.4, 0.5) is 10.1 Å². The fourth-order valence-corrected chi connectivity index (χ4v) is 3.27. The highest BCUT2D eigenvalue weighted by Crippen LogP contribution is 2.24. The average Bonchev–Trinajstić information content (AvgIpc) is 2.58. The molecule has 0 saturated carbocycles. The van der Waals surface area contributed by atoms with E-state index >= 15 is 0 Å². The number of carbonyl (C=O) groups is 1. The van der Waals surface area contributed by atoms with Gasteiger partial charge in [-0.15, -0.1) is 0 Å². The Morgan fingerprint density at radius 2 is 2.20 bits per heavy atom. The molecule has 3 rings (SSSR count). The molecule has 1 saturated heterocycles. The number of anilines is 1. The third kappa shape index (κ3) is 4.57. The molecular formula is C19H21ClFN3O. The Hall–Kier alpha value is -1.95. The lowest BCUT2D eigenvalue weighted by molar-refractivity contribution is -0.118. The van der Waals surface area contributed by atoms with Gasteiger partial charge in [-0.1, -0.05) is 29.8 Å². The van der Waals surface area contributed by atoms with Crippen LogP contribution in [0.5, 0.6) is 0 Å². The molecule has 1 aliphatic rings. The lowest BCUT2D eigenvalue weighted by atomic mass is 10.0. The van der Waals surface area contributed by atoms with Crippen LogP contribution in [0.15, 0.2) is 42.5 Å². The topological polar surface area (TPSA) is 44.4 Å². The molecule has 0 aliphatic carbocycles. The van der Waals surface area contributed by atoms with Gasteiger partial charge in [-0.2, -0.15) is 0 Å². The Morgan fingerprint density at radius 3 is 2.96 bits per heavy atom. The summed E-state index contributed by atoms with van der Waals surface area (Å²) in [5.74, 6) is -0.642. The first-order valence-corrected chi connectivity index (χ1v) is 8.67. The fourth-order valence-electron chi connectivity index (χ4n) is 3.07. The molecule has 1 aliphatic heterocycles. The standard InChI is InChI=1S/C19H21ClFN3O/c1-13-5-6-17(16(21)9-13)23-19(25)12-24-8-7-22-11-18(24)14-3-2-4-15(20)10-14/h2-6,9-10,18,22H,7-8,11-12H2,1H3,(H,23,25). The molecule has 1 amide bonds. The van der Waals surface area contributed by atoms with Crippen LogP contribution in [-0.2, 0) is 4.79 Å². The Kier molecular flexibility index (Phi) is 5.68. The van der Waals surface area contributed by atoms with Gasteiger partial charge in [-0.05, 0) is 42.3 Å². The molecule has 1 unspecified atom stereocenters. The van der Waals surface area contributed by atoms with Gasteiger partial charge in [0.2, 0.25) is 5.91 Å². The minimum atomic E-state index is -0.417. The highest BCUT2D eigenvalue weighted by molar-refractivity contribution is 6.30. The summed E-state index contributed by atoms with van der Waals surface area (Å²) in [6, 6.07) is 12.5. The van der Waals surface area contributed by atoms with E-state index in [0.717, 1.165) is 30.8 Å². The molecule has 132 valence electrons. The maximum Gasteiger partial charge on any atom is 0.238 e. The van der Waals surface area contributed by atoms with Crippen LogP contribution < -0.4 is 10.6 Å². The highest BCUT2D eigenvalue weighted by atomic mass is 35.5. The van der Waals surface area contributed by atoms with E-state index in [0.29, 0.717) is 5.02 Å². The highest BCUT2D eigenvalue weighted by Gasteiger charge is 2.25. The monoisotopic (exact) mass is 361 g/mol. The van der Waals surface area contributed by atoms with Crippen molar-refractivity contribution in [2.45, 2.75) is 13.0 Å². The number of carbonyl (C=O) groups excluding carboxylic acids is 1. The van der Waals surface area contributed by atoms with Crippen molar-refractivity contribution in [1.29, 1.82) is 0 Å². The Labute approximate surface area is 152 Å². The second kappa shape index (κ2) is 7.95. The summed E-state index contributed by atoms with van der Waals surface area (Å²) in [5, 5.41) is 6.69. The lowest BCUT2D eigenvalue weighted by Crippen LogP contribution is -2.48. The number of nitrogens with zero attached hydrogens (tertiary/aromatic N) is 1. The van der Waals surface area contributed by atoms with Crippen molar-refractivity contribution in [3.63, 3.8) is 0 Å². The van der Waals surface area contributed by atoms with E-state index in [2.05, 4.69) is 15.5 Å². The summed E-state index contributed by atoms with van der Waals surface area (Å²) in [7, 11) is 0. The molecule has 2 N–H and O–H groups in total. The summed E-state index contributed by atoms with van der Waals surface area (Å²) in [6.45, 7) is 4.30. The van der Waals surface area contributed by atoms with Gasteiger partial charge < -0.3 is 10.6 Å². The van der Waals surface area contributed by atoms with Crippen molar-refractivity contribution in [3.8, 4) is 0 Å². The molecule has 1 fully saturated rings. The first kappa shape index (κ1) is 17.9. The van der Waals surface area contributed by atoms with Crippen molar-refractivity contribution >= 4 is 23.2 Å². The van der Waals surface area contributed by atoms with Crippen LogP contribution in [0.25, 0.3) is 0 Å². The summed E-state index contributed by atoms with van der Waals surface area (Å²) >= 11 is 6.10. The van der Waals surface area contributed by atoms with Gasteiger partial charge >= 0.3 is 0 Å². The zero-order chi connectivity index (χ0) is 17.8. The number of benzene rings is 2. The average molecular weight is 362 g/mol. The normalized spacial score (nSPS) is 18.1. The third-order valence-corrected chi connectivity index (χ3v) is 4.57. The number of amides is 1. The predicted molar refractivity (Wildman–Crippen MR) is 98.4 cm³/mol. The van der Waals surface area contributed by atoms with E-state index < -0.39 is 5.82 Å². The van der Waals surface area contributed by atoms with Gasteiger partial charge in [0.15, 0.2) is 0 Å². The maximum absolute atomic E-state index is 13.9. The van der Waals surface area contributed by atoms with Crippen LogP contribution in [0, 0.1) is 12.7 Å². The molecule has 0 bridgehead atoms. The Morgan fingerprint density at radius 1 is 1.36 bits per heavy atom. The number of nitrogens with one attached hydrogen (secondary N) is 2. The molecule has 1 atom stereocenters. The summed E-state index contributed by atoms with van der Waals surface area (Å²) in [5.41, 5.74) is 2.10. The smallest absolute Gasteiger partial charge is 0.238 e. The van der Waals surface area contributed by atoms with E-state index in [-0.39, 0.29) is 24.2 Å². The molecule has 2 aromatic rings. The lowest BCUT2D eigenvalue weighted by Gasteiger charge is -2.36. The van der Waals surface area contributed by atoms with Gasteiger partial charge in [0, 0.05) is 30.7 Å². The van der Waals surface area contributed by atoms with E-state index in [1.54, 1.807) is 12.1 Å². The number of aryl methyl sites for hydroxylation is 1. The van der Waals surface area contributed by atoms with Gasteiger partial charge in [0.05, 0.1) is 12.2 Å². The van der Waals surface area contributed by atoms with Crippen LogP contribution >= 0.6 is 11.6 Å². The third-order valence-electron chi connectivity index (χ3n) is 4.33. The maximum atomic E-state index is 13.9. The number of hydrogen-bond donors (Lipinski definition) is 2. The second-order valence-electron chi connectivity index (χ2n) is 6.28. The molecule has 1 heterocycles. The first-order valence-electron chi connectivity index (χ1n) is 8.29. The van der Waals surface area contributed by atoms with E-state index in [1.807, 2.05) is 31.2 Å². The van der Waals surface area contributed by atoms with Crippen LogP contribution in [-0.4, -0.2) is 37.0 Å². The zero-order valence-electron chi connectivity index (χ0n) is 14.1. The van der Waals surface area contributed by atoms with Crippen molar-refractivity contribution in [1.82, 2.24) is 10.2 Å². The molecular weight excluding hydrogens is 341 g/mol. The summed E-state index contributed by atoms with van der Waals surface area (Å²) < 4.78 is 13.9. The van der Waals surface area contributed by atoms with Gasteiger partial charge in [0.25, 0.3) is 0 Å². The molecule has 4 nitrogen and oxygen atoms in total. The predicted octanol–water partition coefficient (Wildman–Crippen LogP) is 3.37. The van der Waals surface area contributed by atoms with E-state index in [1.165, 1.54) is 6.07 Å². The molecule has 25 heavy (non-hydrogen) atoms. The number of halogens is 2. The molecule has 0 radical (unpaired) electrons. The minimum absolute atomic E-state index is 0.0565. The summed E-state index contributed by atoms with van der Waals surface area (Å²) in [4.78, 5) is 14.5. The van der Waals surface area contributed by atoms with Crippen LogP contribution in [0.3, 0.4) is 0 Å². The molecule has 0 spiro atoms. The molecule has 0 aromatic heterocycles. The Balaban J connectivity index is 1.69. The quantitative estimate of drug-likeness (QED) is 0.877. The van der Waals surface area contributed by atoms with Crippen molar-refractivity contribution in [3.05, 3.63) is 64.4 Å². The SMILES string of the molecule is Cc1ccc(NC(=O)CN2CCNCC2c2cccc(Cl)c2)c(F)c1. The van der Waals surface area contributed by atoms with E-state index in [4.69, 9.17) is 11.6 Å². The van der Waals surface area contributed by atoms with Gasteiger partial charge in [-0.25, -0.2) is 4.39 Å². The fraction of sp³-hybridized carbons (Fsp3) is 0.316. The van der Waals surface area contributed by atoms with Crippen molar-refractivity contribution in [2.75, 3.05) is 31.5 Å². The first-order chi connectivity index (χ1) is 12.0.